The largest absolute Gasteiger partial charge is 0.326 e. The lowest BCUT2D eigenvalue weighted by molar-refractivity contribution is 0.482. The normalized spacial score (nSPS) is 13.8. The first-order valence-corrected chi connectivity index (χ1v) is 8.54. The van der Waals surface area contributed by atoms with E-state index >= 15 is 0 Å². The molecule has 108 valence electrons. The Balaban J connectivity index is 2.94. The van der Waals surface area contributed by atoms with Crippen molar-refractivity contribution < 1.29 is 8.42 Å². The molecule has 3 N–H and O–H groups in total. The van der Waals surface area contributed by atoms with Crippen LogP contribution in [0.3, 0.4) is 0 Å². The predicted molar refractivity (Wildman–Crippen MR) is 81.3 cm³/mol. The molecule has 0 aliphatic carbocycles. The molecule has 1 atom stereocenters. The van der Waals surface area contributed by atoms with E-state index in [-0.39, 0.29) is 10.9 Å². The number of rotatable bonds is 6. The molecule has 0 aliphatic rings. The minimum atomic E-state index is -3.50. The molecule has 0 heterocycles. The highest BCUT2D eigenvalue weighted by atomic mass is 79.9. The quantitative estimate of drug-likeness (QED) is 0.829. The molecule has 0 fully saturated rings. The number of hydrogen-bond donors (Lipinski definition) is 2. The third-order valence-corrected chi connectivity index (χ3v) is 5.27. The first kappa shape index (κ1) is 16.6. The van der Waals surface area contributed by atoms with Gasteiger partial charge in [-0.05, 0) is 52.9 Å². The van der Waals surface area contributed by atoms with Crippen LogP contribution in [0.2, 0.25) is 0 Å². The van der Waals surface area contributed by atoms with E-state index in [0.29, 0.717) is 16.9 Å². The molecule has 0 saturated heterocycles. The summed E-state index contributed by atoms with van der Waals surface area (Å²) in [5.74, 6) is 0.445. The van der Waals surface area contributed by atoms with Crippen LogP contribution in [0.15, 0.2) is 27.6 Å². The number of nitrogens with one attached hydrogen (secondary N) is 1. The zero-order valence-corrected chi connectivity index (χ0v) is 13.9. The van der Waals surface area contributed by atoms with E-state index in [4.69, 9.17) is 5.73 Å². The van der Waals surface area contributed by atoms with Crippen LogP contribution in [0.25, 0.3) is 0 Å². The van der Waals surface area contributed by atoms with Gasteiger partial charge in [0.05, 0.1) is 4.90 Å². The number of sulfonamides is 1. The molecule has 0 amide bonds. The topological polar surface area (TPSA) is 72.2 Å². The third-order valence-electron chi connectivity index (χ3n) is 2.70. The Hall–Kier alpha value is -0.430. The maximum atomic E-state index is 12.3. The van der Waals surface area contributed by atoms with E-state index < -0.39 is 10.0 Å². The van der Waals surface area contributed by atoms with Crippen LogP contribution >= 0.6 is 15.9 Å². The van der Waals surface area contributed by atoms with E-state index in [1.807, 2.05) is 6.92 Å². The molecule has 0 spiro atoms. The molecule has 4 nitrogen and oxygen atoms in total. The van der Waals surface area contributed by atoms with Crippen molar-refractivity contribution in [3.05, 3.63) is 28.2 Å². The summed E-state index contributed by atoms with van der Waals surface area (Å²) >= 11 is 3.29. The highest BCUT2D eigenvalue weighted by molar-refractivity contribution is 9.10. The lowest BCUT2D eigenvalue weighted by Gasteiger charge is -2.17. The van der Waals surface area contributed by atoms with Gasteiger partial charge in [-0.1, -0.05) is 19.9 Å². The van der Waals surface area contributed by atoms with Crippen LogP contribution in [0.1, 0.15) is 32.8 Å². The van der Waals surface area contributed by atoms with Gasteiger partial charge in [0.25, 0.3) is 0 Å². The van der Waals surface area contributed by atoms with Gasteiger partial charge in [0, 0.05) is 17.1 Å². The Bertz CT molecular complexity index is 529. The molecular weight excluding hydrogens is 328 g/mol. The molecule has 0 aromatic heterocycles. The fourth-order valence-corrected chi connectivity index (χ4v) is 4.35. The van der Waals surface area contributed by atoms with Crippen molar-refractivity contribution in [2.45, 2.75) is 44.7 Å². The van der Waals surface area contributed by atoms with Gasteiger partial charge in [0.1, 0.15) is 0 Å². The average Bonchev–Trinajstić information content (AvgIpc) is 2.26. The van der Waals surface area contributed by atoms with E-state index in [0.717, 1.165) is 12.0 Å². The molecule has 1 unspecified atom stereocenters. The minimum Gasteiger partial charge on any atom is -0.326 e. The summed E-state index contributed by atoms with van der Waals surface area (Å²) in [6, 6.07) is 4.95. The summed E-state index contributed by atoms with van der Waals surface area (Å²) in [6.45, 7) is 6.39. The highest BCUT2D eigenvalue weighted by Crippen LogP contribution is 2.23. The van der Waals surface area contributed by atoms with Gasteiger partial charge >= 0.3 is 0 Å². The van der Waals surface area contributed by atoms with Crippen LogP contribution in [0.4, 0.5) is 0 Å². The summed E-state index contributed by atoms with van der Waals surface area (Å²) in [5, 5.41) is 0. The summed E-state index contributed by atoms with van der Waals surface area (Å²) < 4.78 is 27.8. The SMILES string of the molecule is CC(C)CC(C)NS(=O)(=O)c1ccc(CN)cc1Br. The van der Waals surface area contributed by atoms with Crippen LogP contribution in [0.5, 0.6) is 0 Å². The van der Waals surface area contributed by atoms with Gasteiger partial charge < -0.3 is 5.73 Å². The molecule has 1 aromatic carbocycles. The first-order valence-electron chi connectivity index (χ1n) is 6.27. The Morgan fingerprint density at radius 2 is 1.95 bits per heavy atom. The zero-order chi connectivity index (χ0) is 14.6. The second-order valence-electron chi connectivity index (χ2n) is 5.12. The number of hydrogen-bond acceptors (Lipinski definition) is 3. The molecule has 0 aliphatic heterocycles. The van der Waals surface area contributed by atoms with Gasteiger partial charge in [-0.25, -0.2) is 13.1 Å². The average molecular weight is 349 g/mol. The van der Waals surface area contributed by atoms with E-state index in [2.05, 4.69) is 34.5 Å². The lowest BCUT2D eigenvalue weighted by Crippen LogP contribution is -2.33. The standard InChI is InChI=1S/C13H21BrN2O2S/c1-9(2)6-10(3)16-19(17,18)13-5-4-11(8-15)7-12(13)14/h4-5,7,9-10,16H,6,8,15H2,1-3H3. The molecule has 19 heavy (non-hydrogen) atoms. The molecule has 1 aromatic rings. The smallest absolute Gasteiger partial charge is 0.241 e. The predicted octanol–water partition coefficient (Wildman–Crippen LogP) is 2.62. The van der Waals surface area contributed by atoms with Crippen LogP contribution in [-0.4, -0.2) is 14.5 Å². The van der Waals surface area contributed by atoms with Gasteiger partial charge in [-0.15, -0.1) is 0 Å². The number of benzene rings is 1. The fraction of sp³-hybridized carbons (Fsp3) is 0.538. The number of nitrogens with two attached hydrogens (primary N) is 1. The van der Waals surface area contributed by atoms with Crippen LogP contribution in [-0.2, 0) is 16.6 Å². The van der Waals surface area contributed by atoms with Crippen LogP contribution in [0, 0.1) is 5.92 Å². The number of halogens is 1. The molecule has 0 radical (unpaired) electrons. The Morgan fingerprint density at radius 3 is 2.42 bits per heavy atom. The molecule has 6 heteroatoms. The van der Waals surface area contributed by atoms with Crippen molar-refractivity contribution in [1.29, 1.82) is 0 Å². The van der Waals surface area contributed by atoms with Crippen molar-refractivity contribution in [1.82, 2.24) is 4.72 Å². The van der Waals surface area contributed by atoms with Gasteiger partial charge in [0.2, 0.25) is 10.0 Å². The molecule has 0 saturated carbocycles. The van der Waals surface area contributed by atoms with Gasteiger partial charge in [-0.2, -0.15) is 0 Å². The summed E-state index contributed by atoms with van der Waals surface area (Å²) in [6.07, 6.45) is 0.803. The Labute approximate surface area is 124 Å². The second-order valence-corrected chi connectivity index (χ2v) is 7.66. The van der Waals surface area contributed by atoms with Crippen molar-refractivity contribution in [3.63, 3.8) is 0 Å². The van der Waals surface area contributed by atoms with E-state index in [9.17, 15) is 8.42 Å². The van der Waals surface area contributed by atoms with Crippen molar-refractivity contribution >= 4 is 26.0 Å². The van der Waals surface area contributed by atoms with Crippen LogP contribution < -0.4 is 10.5 Å². The molecular formula is C13H21BrN2O2S. The lowest BCUT2D eigenvalue weighted by atomic mass is 10.1. The van der Waals surface area contributed by atoms with Crippen molar-refractivity contribution in [2.75, 3.05) is 0 Å². The molecule has 0 bridgehead atoms. The zero-order valence-electron chi connectivity index (χ0n) is 11.5. The fourth-order valence-electron chi connectivity index (χ4n) is 1.97. The van der Waals surface area contributed by atoms with Crippen molar-refractivity contribution in [3.8, 4) is 0 Å². The second kappa shape index (κ2) is 6.83. The minimum absolute atomic E-state index is 0.0916. The van der Waals surface area contributed by atoms with Gasteiger partial charge in [-0.3, -0.25) is 0 Å². The third kappa shape index (κ3) is 4.87. The van der Waals surface area contributed by atoms with Gasteiger partial charge in [0.15, 0.2) is 0 Å². The maximum absolute atomic E-state index is 12.3. The highest BCUT2D eigenvalue weighted by Gasteiger charge is 2.20. The summed E-state index contributed by atoms with van der Waals surface area (Å²) in [7, 11) is -3.50. The van der Waals surface area contributed by atoms with Crippen molar-refractivity contribution in [2.24, 2.45) is 11.7 Å². The summed E-state index contributed by atoms with van der Waals surface area (Å²) in [4.78, 5) is 0.250. The summed E-state index contributed by atoms with van der Waals surface area (Å²) in [5.41, 5.74) is 6.42. The Morgan fingerprint density at radius 1 is 1.32 bits per heavy atom. The monoisotopic (exact) mass is 348 g/mol. The Kier molecular flexibility index (Phi) is 5.98. The maximum Gasteiger partial charge on any atom is 0.241 e. The molecule has 1 rings (SSSR count). The van der Waals surface area contributed by atoms with E-state index in [1.165, 1.54) is 0 Å². The first-order chi connectivity index (χ1) is 8.76. The van der Waals surface area contributed by atoms with E-state index in [1.54, 1.807) is 18.2 Å².